The van der Waals surface area contributed by atoms with Crippen LogP contribution in [0.1, 0.15) is 17.4 Å². The lowest BCUT2D eigenvalue weighted by Crippen LogP contribution is -2.47. The summed E-state index contributed by atoms with van der Waals surface area (Å²) in [5.74, 6) is -0.106. The minimum absolute atomic E-state index is 0.0786. The fourth-order valence-corrected chi connectivity index (χ4v) is 2.72. The van der Waals surface area contributed by atoms with Gasteiger partial charge in [-0.15, -0.1) is 0 Å². The van der Waals surface area contributed by atoms with Crippen molar-refractivity contribution < 1.29 is 23.1 Å². The van der Waals surface area contributed by atoms with Gasteiger partial charge in [0.1, 0.15) is 11.6 Å². The van der Waals surface area contributed by atoms with E-state index in [1.807, 2.05) is 4.90 Å². The third-order valence-corrected chi connectivity index (χ3v) is 4.02. The van der Waals surface area contributed by atoms with Crippen molar-refractivity contribution in [3.8, 4) is 0 Å². The summed E-state index contributed by atoms with van der Waals surface area (Å²) in [6, 6.07) is 8.98. The Morgan fingerprint density at radius 1 is 1.23 bits per heavy atom. The second-order valence-corrected chi connectivity index (χ2v) is 5.96. The molecule has 2 aromatic rings. The van der Waals surface area contributed by atoms with Crippen LogP contribution in [0.25, 0.3) is 0 Å². The zero-order valence-corrected chi connectivity index (χ0v) is 14.1. The quantitative estimate of drug-likeness (QED) is 0.849. The van der Waals surface area contributed by atoms with Crippen molar-refractivity contribution in [2.45, 2.75) is 12.6 Å². The molecule has 0 radical (unpaired) electrons. The van der Waals surface area contributed by atoms with Crippen molar-refractivity contribution in [3.63, 3.8) is 0 Å². The molecule has 1 saturated heterocycles. The van der Waals surface area contributed by atoms with Crippen molar-refractivity contribution in [2.24, 2.45) is 0 Å². The Morgan fingerprint density at radius 2 is 2.04 bits per heavy atom. The third-order valence-electron chi connectivity index (χ3n) is 4.02. The second-order valence-electron chi connectivity index (χ2n) is 5.96. The molecule has 7 nitrogen and oxygen atoms in total. The molecule has 0 aliphatic carbocycles. The molecule has 1 aliphatic heterocycles. The first-order chi connectivity index (χ1) is 12.6. The molecule has 1 aromatic carbocycles. The number of halogens is 1. The summed E-state index contributed by atoms with van der Waals surface area (Å²) in [5.41, 5.74) is 0.854. The smallest absolute Gasteiger partial charge is 0.321 e. The van der Waals surface area contributed by atoms with Crippen LogP contribution < -0.4 is 10.6 Å². The number of nitrogens with zero attached hydrogens (tertiary/aromatic N) is 1. The molecule has 2 N–H and O–H groups in total. The van der Waals surface area contributed by atoms with Gasteiger partial charge in [-0.3, -0.25) is 15.0 Å². The maximum absolute atomic E-state index is 13.0. The molecule has 1 aliphatic rings. The lowest BCUT2D eigenvalue weighted by molar-refractivity contribution is -0.123. The number of carbonyl (C=O) groups excluding carboxylic acids is 2. The highest BCUT2D eigenvalue weighted by Gasteiger charge is 2.24. The van der Waals surface area contributed by atoms with Crippen molar-refractivity contribution in [3.05, 3.63) is 59.8 Å². The highest BCUT2D eigenvalue weighted by molar-refractivity contribution is 5.95. The molecule has 8 heteroatoms. The van der Waals surface area contributed by atoms with Gasteiger partial charge in [-0.25, -0.2) is 9.18 Å². The number of urea groups is 1. The molecule has 1 atom stereocenters. The fourth-order valence-electron chi connectivity index (χ4n) is 2.72. The Balaban J connectivity index is 1.44. The summed E-state index contributed by atoms with van der Waals surface area (Å²) in [7, 11) is 0. The number of carbonyl (C=O) groups is 2. The van der Waals surface area contributed by atoms with Gasteiger partial charge < -0.3 is 14.5 Å². The summed E-state index contributed by atoms with van der Waals surface area (Å²) in [5, 5.41) is 4.84. The van der Waals surface area contributed by atoms with E-state index in [0.29, 0.717) is 25.5 Å². The number of furan rings is 1. The van der Waals surface area contributed by atoms with Crippen molar-refractivity contribution in [2.75, 3.05) is 26.2 Å². The van der Waals surface area contributed by atoms with Crippen LogP contribution in [-0.2, 0) is 16.1 Å². The van der Waals surface area contributed by atoms with Gasteiger partial charge in [0.15, 0.2) is 0 Å². The molecule has 2 heterocycles. The molecule has 1 unspecified atom stereocenters. The Bertz CT molecular complexity index is 733. The topological polar surface area (TPSA) is 83.8 Å². The number of ether oxygens (including phenoxy) is 1. The van der Waals surface area contributed by atoms with E-state index in [-0.39, 0.29) is 25.0 Å². The number of amides is 3. The zero-order chi connectivity index (χ0) is 18.4. The van der Waals surface area contributed by atoms with Crippen LogP contribution in [0.5, 0.6) is 0 Å². The van der Waals surface area contributed by atoms with E-state index in [2.05, 4.69) is 10.6 Å². The molecule has 3 amide bonds. The second kappa shape index (κ2) is 8.59. The van der Waals surface area contributed by atoms with Gasteiger partial charge >= 0.3 is 6.03 Å². The van der Waals surface area contributed by atoms with E-state index in [9.17, 15) is 14.0 Å². The van der Waals surface area contributed by atoms with E-state index in [1.54, 1.807) is 24.3 Å². The summed E-state index contributed by atoms with van der Waals surface area (Å²) < 4.78 is 23.8. The van der Waals surface area contributed by atoms with Crippen molar-refractivity contribution in [1.82, 2.24) is 15.5 Å². The van der Waals surface area contributed by atoms with Gasteiger partial charge in [0.25, 0.3) is 0 Å². The molecular formula is C18H20FN3O4. The number of hydrogen-bond acceptors (Lipinski definition) is 5. The van der Waals surface area contributed by atoms with Crippen LogP contribution in [-0.4, -0.2) is 43.1 Å². The first-order valence-electron chi connectivity index (χ1n) is 8.29. The monoisotopic (exact) mass is 361 g/mol. The molecule has 3 rings (SSSR count). The van der Waals surface area contributed by atoms with Gasteiger partial charge in [-0.1, -0.05) is 12.1 Å². The van der Waals surface area contributed by atoms with Crippen LogP contribution in [0.4, 0.5) is 9.18 Å². The molecule has 0 spiro atoms. The van der Waals surface area contributed by atoms with Crippen LogP contribution >= 0.6 is 0 Å². The molecular weight excluding hydrogens is 341 g/mol. The van der Waals surface area contributed by atoms with Gasteiger partial charge in [0, 0.05) is 13.1 Å². The molecule has 1 fully saturated rings. The Labute approximate surface area is 150 Å². The fraction of sp³-hybridized carbons (Fsp3) is 0.333. The van der Waals surface area contributed by atoms with E-state index >= 15 is 0 Å². The Kier molecular flexibility index (Phi) is 5.98. The van der Waals surface area contributed by atoms with Crippen molar-refractivity contribution in [1.29, 1.82) is 0 Å². The molecule has 0 bridgehead atoms. The van der Waals surface area contributed by atoms with Gasteiger partial charge in [-0.2, -0.15) is 0 Å². The third kappa shape index (κ3) is 5.14. The van der Waals surface area contributed by atoms with Gasteiger partial charge in [0.2, 0.25) is 5.91 Å². The van der Waals surface area contributed by atoms with Gasteiger partial charge in [0.05, 0.1) is 32.1 Å². The van der Waals surface area contributed by atoms with E-state index in [1.165, 1.54) is 18.4 Å². The molecule has 0 saturated carbocycles. The number of morpholine rings is 1. The summed E-state index contributed by atoms with van der Waals surface area (Å²) in [6.07, 6.45) is 1.28. The zero-order valence-electron chi connectivity index (χ0n) is 14.1. The Hall–Kier alpha value is -2.71. The van der Waals surface area contributed by atoms with E-state index in [0.717, 1.165) is 5.56 Å². The van der Waals surface area contributed by atoms with Crippen LogP contribution in [0.2, 0.25) is 0 Å². The van der Waals surface area contributed by atoms with Gasteiger partial charge in [-0.05, 0) is 29.8 Å². The normalized spacial score (nSPS) is 17.7. The minimum atomic E-state index is -0.574. The number of imide groups is 1. The predicted octanol–water partition coefficient (Wildman–Crippen LogP) is 1.82. The summed E-state index contributed by atoms with van der Waals surface area (Å²) in [6.45, 7) is 1.82. The highest BCUT2D eigenvalue weighted by Crippen LogP contribution is 2.22. The maximum atomic E-state index is 13.0. The average molecular weight is 361 g/mol. The number of nitrogens with one attached hydrogen (secondary N) is 2. The summed E-state index contributed by atoms with van der Waals surface area (Å²) in [4.78, 5) is 25.7. The Morgan fingerprint density at radius 3 is 2.77 bits per heavy atom. The first kappa shape index (κ1) is 18.1. The average Bonchev–Trinajstić information content (AvgIpc) is 3.14. The lowest BCUT2D eigenvalue weighted by Gasteiger charge is -2.32. The SMILES string of the molecule is O=C(CN1CCOC(c2ccc(F)cc2)C1)NC(=O)NCc1ccco1. The molecule has 138 valence electrons. The number of hydrogen-bond donors (Lipinski definition) is 2. The standard InChI is InChI=1S/C18H20FN3O4/c19-14-5-3-13(4-6-14)16-11-22(7-9-26-16)12-17(23)21-18(24)20-10-15-2-1-8-25-15/h1-6,8,16H,7,9-12H2,(H2,20,21,23,24). The van der Waals surface area contributed by atoms with E-state index in [4.69, 9.17) is 9.15 Å². The number of benzene rings is 1. The minimum Gasteiger partial charge on any atom is -0.467 e. The van der Waals surface area contributed by atoms with Crippen LogP contribution in [0, 0.1) is 5.82 Å². The lowest BCUT2D eigenvalue weighted by atomic mass is 10.1. The highest BCUT2D eigenvalue weighted by atomic mass is 19.1. The maximum Gasteiger partial charge on any atom is 0.321 e. The molecule has 26 heavy (non-hydrogen) atoms. The number of rotatable bonds is 5. The van der Waals surface area contributed by atoms with Crippen LogP contribution in [0.3, 0.4) is 0 Å². The predicted molar refractivity (Wildman–Crippen MR) is 90.6 cm³/mol. The van der Waals surface area contributed by atoms with Crippen LogP contribution in [0.15, 0.2) is 47.1 Å². The van der Waals surface area contributed by atoms with Crippen molar-refractivity contribution >= 4 is 11.9 Å². The first-order valence-corrected chi connectivity index (χ1v) is 8.29. The summed E-state index contributed by atoms with van der Waals surface area (Å²) >= 11 is 0. The largest absolute Gasteiger partial charge is 0.467 e. The molecule has 1 aromatic heterocycles. The van der Waals surface area contributed by atoms with E-state index < -0.39 is 11.9 Å².